The molecule has 0 radical (unpaired) electrons. The Labute approximate surface area is 455 Å². The minimum Gasteiger partial charge on any atom is -0.288 e. The van der Waals surface area contributed by atoms with E-state index in [1.54, 1.807) is 20.8 Å². The minimum atomic E-state index is -0.152. The molecular weight excluding hydrogens is 973 g/mol. The van der Waals surface area contributed by atoms with Gasteiger partial charge in [-0.3, -0.25) is 14.4 Å². The summed E-state index contributed by atoms with van der Waals surface area (Å²) in [6.07, 6.45) is 12.1. The second-order valence-electron chi connectivity index (χ2n) is 20.8. The molecule has 4 saturated carbocycles. The monoisotopic (exact) mass is 1030 g/mol. The van der Waals surface area contributed by atoms with Crippen molar-refractivity contribution in [3.05, 3.63) is 248 Å². The lowest BCUT2D eigenvalue weighted by atomic mass is 9.32. The molecule has 368 valence electrons. The zero-order valence-corrected chi connectivity index (χ0v) is 45.0. The van der Waals surface area contributed by atoms with Gasteiger partial charge in [-0.15, -0.1) is 6.42 Å². The van der Waals surface area contributed by atoms with Gasteiger partial charge in [0.1, 0.15) is 0 Å². The molecule has 0 amide bonds. The number of carbonyl (C=O) groups is 3. The van der Waals surface area contributed by atoms with Crippen molar-refractivity contribution in [2.45, 2.75) is 98.2 Å². The van der Waals surface area contributed by atoms with Crippen molar-refractivity contribution in [3.8, 4) is 47.9 Å². The summed E-state index contributed by atoms with van der Waals surface area (Å²) in [5, 5.41) is 0.350. The molecule has 4 fully saturated rings. The van der Waals surface area contributed by atoms with E-state index in [-0.39, 0.29) is 37.0 Å². The van der Waals surface area contributed by atoms with Crippen LogP contribution in [0.2, 0.25) is 0 Å². The van der Waals surface area contributed by atoms with E-state index in [1.165, 1.54) is 57.5 Å². The molecule has 0 spiro atoms. The minimum absolute atomic E-state index is 0.117. The second-order valence-corrected chi connectivity index (χ2v) is 24.3. The molecule has 7 aromatic carbocycles. The second kappa shape index (κ2) is 22.0. The van der Waals surface area contributed by atoms with Crippen LogP contribution < -0.4 is 0 Å². The highest BCUT2D eigenvalue weighted by molar-refractivity contribution is 8.13. The van der Waals surface area contributed by atoms with Gasteiger partial charge in [0.25, 0.3) is 0 Å². The molecule has 0 heterocycles. The van der Waals surface area contributed by atoms with Gasteiger partial charge in [-0.25, -0.2) is 0 Å². The number of benzene rings is 7. The van der Waals surface area contributed by atoms with E-state index < -0.39 is 0 Å². The topological polar surface area (TPSA) is 51.2 Å². The smallest absolute Gasteiger partial charge is 0.186 e. The average Bonchev–Trinajstić information content (AvgIpc) is 3.42. The number of hydrogen-bond donors (Lipinski definition) is 0. The standard InChI is InChI=1S/C69H56O3S3/c1-5-52-24-32-62(33-25-52)66-43-67(63-34-26-56(27-35-63)9-6-53-12-18-59(19-13-53)40-73-49(2)70)46-68(44-66,64-36-28-57(29-37-64)10-7-54-14-20-60(21-15-54)41-74-50(3)71)48-69(45-66,47-67)65-38-30-58(31-39-65)11-8-55-16-22-61(23-17-55)42-75-51(4)72/h1,12-39H,40-48H2,2-4H3. The summed E-state index contributed by atoms with van der Waals surface area (Å²) < 4.78 is 0. The van der Waals surface area contributed by atoms with Crippen LogP contribution in [-0.4, -0.2) is 15.3 Å². The molecule has 0 aromatic heterocycles. The normalized spacial score (nSPS) is 20.8. The van der Waals surface area contributed by atoms with Gasteiger partial charge >= 0.3 is 0 Å². The number of hydrogen-bond acceptors (Lipinski definition) is 6. The van der Waals surface area contributed by atoms with Crippen LogP contribution in [0.4, 0.5) is 0 Å². The van der Waals surface area contributed by atoms with E-state index in [0.29, 0.717) is 17.3 Å². The molecule has 4 aliphatic carbocycles. The molecule has 4 aliphatic rings. The summed E-state index contributed by atoms with van der Waals surface area (Å²) in [6.45, 7) is 4.80. The molecule has 7 aromatic rings. The maximum Gasteiger partial charge on any atom is 0.186 e. The van der Waals surface area contributed by atoms with Crippen molar-refractivity contribution < 1.29 is 14.4 Å². The Hall–Kier alpha value is -7.16. The van der Waals surface area contributed by atoms with Gasteiger partial charge in [0.05, 0.1) is 0 Å². The number of carbonyl (C=O) groups excluding carboxylic acids is 3. The highest BCUT2D eigenvalue weighted by atomic mass is 32.2. The van der Waals surface area contributed by atoms with E-state index in [0.717, 1.165) is 94.2 Å². The maximum atomic E-state index is 11.5. The van der Waals surface area contributed by atoms with Gasteiger partial charge in [-0.2, -0.15) is 0 Å². The van der Waals surface area contributed by atoms with Crippen molar-refractivity contribution in [1.82, 2.24) is 0 Å². The molecular formula is C69H56O3S3. The third-order valence-electron chi connectivity index (χ3n) is 15.5. The lowest BCUT2D eigenvalue weighted by Crippen LogP contribution is -2.67. The largest absolute Gasteiger partial charge is 0.288 e. The Morgan fingerprint density at radius 2 is 0.520 bits per heavy atom. The van der Waals surface area contributed by atoms with Crippen LogP contribution >= 0.6 is 35.3 Å². The van der Waals surface area contributed by atoms with Gasteiger partial charge in [0.2, 0.25) is 0 Å². The van der Waals surface area contributed by atoms with Crippen molar-refractivity contribution in [2.75, 3.05) is 0 Å². The summed E-state index contributed by atoms with van der Waals surface area (Å²) in [6, 6.07) is 60.9. The van der Waals surface area contributed by atoms with Crippen LogP contribution in [0.15, 0.2) is 170 Å². The first-order valence-electron chi connectivity index (χ1n) is 25.4. The van der Waals surface area contributed by atoms with E-state index in [1.807, 2.05) is 36.4 Å². The van der Waals surface area contributed by atoms with E-state index in [4.69, 9.17) is 6.42 Å². The van der Waals surface area contributed by atoms with Gasteiger partial charge in [-0.05, 0) is 184 Å². The predicted molar refractivity (Wildman–Crippen MR) is 311 cm³/mol. The fourth-order valence-electron chi connectivity index (χ4n) is 12.5. The first-order valence-corrected chi connectivity index (χ1v) is 28.4. The van der Waals surface area contributed by atoms with Crippen molar-refractivity contribution in [2.24, 2.45) is 0 Å². The molecule has 0 aliphatic heterocycles. The molecule has 0 atom stereocenters. The van der Waals surface area contributed by atoms with E-state index >= 15 is 0 Å². The predicted octanol–water partition coefficient (Wildman–Crippen LogP) is 14.6. The lowest BCUT2D eigenvalue weighted by molar-refractivity contribution is -0.109. The fraction of sp³-hybridized carbons (Fsp3) is 0.232. The first kappa shape index (κ1) is 51.3. The first-order chi connectivity index (χ1) is 36.3. The van der Waals surface area contributed by atoms with E-state index in [9.17, 15) is 14.4 Å². The van der Waals surface area contributed by atoms with Crippen molar-refractivity contribution in [3.63, 3.8) is 0 Å². The van der Waals surface area contributed by atoms with Gasteiger partial charge in [0.15, 0.2) is 15.3 Å². The summed E-state index contributed by atoms with van der Waals surface area (Å²) in [5.74, 6) is 25.3. The Kier molecular flexibility index (Phi) is 15.0. The van der Waals surface area contributed by atoms with Crippen LogP contribution in [-0.2, 0) is 53.3 Å². The molecule has 0 unspecified atom stereocenters. The van der Waals surface area contributed by atoms with Gasteiger partial charge in [-0.1, -0.05) is 162 Å². The summed E-state index contributed by atoms with van der Waals surface area (Å²) in [7, 11) is 0. The SMILES string of the molecule is C#Cc1ccc(C23CC4(c5ccc(C#Cc6ccc(CSC(C)=O)cc6)cc5)CC(c5ccc(C#Cc6ccc(CSC(C)=O)cc6)cc5)(C2)CC(c2ccc(C#Cc5ccc(CSC(C)=O)cc5)cc2)(C3)C4)cc1. The third kappa shape index (κ3) is 11.7. The average molecular weight is 1030 g/mol. The van der Waals surface area contributed by atoms with Crippen LogP contribution in [0.5, 0.6) is 0 Å². The van der Waals surface area contributed by atoms with Crippen LogP contribution in [0.25, 0.3) is 0 Å². The van der Waals surface area contributed by atoms with Crippen LogP contribution in [0.3, 0.4) is 0 Å². The zero-order valence-electron chi connectivity index (χ0n) is 42.6. The summed E-state index contributed by atoms with van der Waals surface area (Å²) in [4.78, 5) is 34.6. The summed E-state index contributed by atoms with van der Waals surface area (Å²) >= 11 is 3.96. The number of terminal acetylenes is 1. The van der Waals surface area contributed by atoms with Crippen molar-refractivity contribution in [1.29, 1.82) is 0 Å². The van der Waals surface area contributed by atoms with Gasteiger partial charge < -0.3 is 0 Å². The number of thioether (sulfide) groups is 3. The number of rotatable bonds is 10. The Morgan fingerprint density at radius 1 is 0.333 bits per heavy atom. The highest BCUT2D eigenvalue weighted by Gasteiger charge is 2.69. The summed E-state index contributed by atoms with van der Waals surface area (Å²) in [5.41, 5.74) is 14.8. The van der Waals surface area contributed by atoms with Crippen molar-refractivity contribution >= 4 is 50.6 Å². The van der Waals surface area contributed by atoms with E-state index in [2.05, 4.69) is 175 Å². The molecule has 11 rings (SSSR count). The Morgan fingerprint density at radius 3 is 0.707 bits per heavy atom. The molecule has 4 bridgehead atoms. The lowest BCUT2D eigenvalue weighted by Gasteiger charge is -2.71. The van der Waals surface area contributed by atoms with Crippen LogP contribution in [0, 0.1) is 47.9 Å². The molecule has 3 nitrogen and oxygen atoms in total. The maximum absolute atomic E-state index is 11.5. The fourth-order valence-corrected chi connectivity index (χ4v) is 14.2. The molecule has 0 N–H and O–H groups in total. The van der Waals surface area contributed by atoms with Gasteiger partial charge in [0, 0.05) is 77.0 Å². The molecule has 75 heavy (non-hydrogen) atoms. The quantitative estimate of drug-likeness (QED) is 0.127. The highest BCUT2D eigenvalue weighted by Crippen LogP contribution is 2.74. The Balaban J connectivity index is 1.02. The third-order valence-corrected chi connectivity index (χ3v) is 18.1. The zero-order chi connectivity index (χ0) is 52.0. The Bertz CT molecular complexity index is 3170. The molecule has 0 saturated heterocycles. The molecule has 6 heteroatoms. The van der Waals surface area contributed by atoms with Crippen LogP contribution in [0.1, 0.15) is 137 Å².